The Labute approximate surface area is 111 Å². The lowest BCUT2D eigenvalue weighted by atomic mass is 10.0. The molecular formula is C13H24O4Si. The summed E-state index contributed by atoms with van der Waals surface area (Å²) in [4.78, 5) is 11.6. The number of ether oxygens (including phenoxy) is 2. The highest BCUT2D eigenvalue weighted by atomic mass is 28.3. The summed E-state index contributed by atoms with van der Waals surface area (Å²) in [5.41, 5.74) is 0.284. The lowest BCUT2D eigenvalue weighted by Crippen LogP contribution is -2.64. The molecule has 0 aliphatic carbocycles. The van der Waals surface area contributed by atoms with Crippen molar-refractivity contribution >= 4 is 14.8 Å². The molecule has 1 aliphatic heterocycles. The van der Waals surface area contributed by atoms with Gasteiger partial charge in [0.15, 0.2) is 0 Å². The van der Waals surface area contributed by atoms with Crippen molar-refractivity contribution in [1.82, 2.24) is 0 Å². The van der Waals surface area contributed by atoms with Gasteiger partial charge < -0.3 is 14.6 Å². The summed E-state index contributed by atoms with van der Waals surface area (Å²) in [6.07, 6.45) is 2.73. The maximum atomic E-state index is 11.6. The predicted octanol–water partition coefficient (Wildman–Crippen LogP) is 1.78. The molecule has 0 aromatic rings. The first-order valence-electron chi connectivity index (χ1n) is 6.48. The summed E-state index contributed by atoms with van der Waals surface area (Å²) >= 11 is 0. The zero-order chi connectivity index (χ0) is 14.0. The smallest absolute Gasteiger partial charge is 0.335 e. The van der Waals surface area contributed by atoms with Gasteiger partial charge in [-0.05, 0) is 26.2 Å². The number of esters is 1. The van der Waals surface area contributed by atoms with Crippen LogP contribution in [-0.2, 0) is 14.3 Å². The summed E-state index contributed by atoms with van der Waals surface area (Å²) in [5, 5.41) is 9.91. The van der Waals surface area contributed by atoms with E-state index in [2.05, 4.69) is 19.7 Å². The Morgan fingerprint density at radius 3 is 2.50 bits per heavy atom. The van der Waals surface area contributed by atoms with Gasteiger partial charge >= 0.3 is 5.97 Å². The molecule has 0 aromatic heterocycles. The molecule has 2 atom stereocenters. The normalized spacial score (nSPS) is 27.7. The Hall–Kier alpha value is -0.653. The van der Waals surface area contributed by atoms with Gasteiger partial charge in [0.25, 0.3) is 0 Å². The van der Waals surface area contributed by atoms with Gasteiger partial charge in [0.2, 0.25) is 5.79 Å². The van der Waals surface area contributed by atoms with Crippen LogP contribution >= 0.6 is 0 Å². The van der Waals surface area contributed by atoms with Crippen LogP contribution in [0.5, 0.6) is 0 Å². The zero-order valence-corrected chi connectivity index (χ0v) is 12.9. The van der Waals surface area contributed by atoms with E-state index in [1.807, 2.05) is 0 Å². The van der Waals surface area contributed by atoms with Crippen molar-refractivity contribution in [2.75, 3.05) is 6.61 Å². The third-order valence-electron chi connectivity index (χ3n) is 3.66. The van der Waals surface area contributed by atoms with Crippen molar-refractivity contribution in [1.29, 1.82) is 0 Å². The number of carbonyl (C=O) groups excluding carboxylic acids is 1. The van der Waals surface area contributed by atoms with Gasteiger partial charge in [0.1, 0.15) is 5.22 Å². The number of hydrogen-bond acceptors (Lipinski definition) is 4. The van der Waals surface area contributed by atoms with E-state index in [9.17, 15) is 9.90 Å². The summed E-state index contributed by atoms with van der Waals surface area (Å²) in [5.74, 6) is -2.15. The van der Waals surface area contributed by atoms with Crippen LogP contribution in [0.4, 0.5) is 0 Å². The van der Waals surface area contributed by atoms with Gasteiger partial charge in [0, 0.05) is 19.1 Å². The van der Waals surface area contributed by atoms with E-state index in [1.54, 1.807) is 6.92 Å². The maximum Gasteiger partial charge on any atom is 0.335 e. The van der Waals surface area contributed by atoms with Crippen molar-refractivity contribution in [2.45, 2.75) is 57.2 Å². The first-order chi connectivity index (χ1) is 8.23. The fraction of sp³-hybridized carbons (Fsp3) is 0.769. The average Bonchev–Trinajstić information content (AvgIpc) is 2.28. The third-order valence-corrected chi connectivity index (χ3v) is 6.52. The Balaban J connectivity index is 2.96. The Morgan fingerprint density at radius 1 is 1.50 bits per heavy atom. The summed E-state index contributed by atoms with van der Waals surface area (Å²) in [6.45, 7) is 11.5. The van der Waals surface area contributed by atoms with Crippen LogP contribution in [0.2, 0.25) is 13.1 Å². The summed E-state index contributed by atoms with van der Waals surface area (Å²) in [7, 11) is -1.38. The Kier molecular flexibility index (Phi) is 4.75. The van der Waals surface area contributed by atoms with E-state index in [0.29, 0.717) is 6.61 Å². The predicted molar refractivity (Wildman–Crippen MR) is 72.9 cm³/mol. The van der Waals surface area contributed by atoms with Crippen molar-refractivity contribution in [3.05, 3.63) is 12.2 Å². The minimum absolute atomic E-state index is 0.284. The highest BCUT2D eigenvalue weighted by molar-refractivity contribution is 6.59. The van der Waals surface area contributed by atoms with Crippen molar-refractivity contribution < 1.29 is 19.4 Å². The zero-order valence-electron chi connectivity index (χ0n) is 11.8. The van der Waals surface area contributed by atoms with E-state index in [4.69, 9.17) is 9.47 Å². The van der Waals surface area contributed by atoms with Crippen LogP contribution in [0, 0.1) is 0 Å². The van der Waals surface area contributed by atoms with Crippen LogP contribution in [0.15, 0.2) is 12.2 Å². The molecule has 1 aliphatic rings. The molecule has 1 saturated heterocycles. The van der Waals surface area contributed by atoms with Crippen molar-refractivity contribution in [3.8, 4) is 0 Å². The minimum atomic E-state index is -1.58. The Bertz CT molecular complexity index is 330. The van der Waals surface area contributed by atoms with E-state index in [0.717, 1.165) is 19.3 Å². The van der Waals surface area contributed by atoms with Crippen LogP contribution in [-0.4, -0.2) is 37.5 Å². The van der Waals surface area contributed by atoms with Gasteiger partial charge in [-0.15, -0.1) is 0 Å². The first-order valence-corrected chi connectivity index (χ1v) is 9.37. The topological polar surface area (TPSA) is 55.8 Å². The number of carbonyl (C=O) groups is 1. The van der Waals surface area contributed by atoms with Crippen LogP contribution < -0.4 is 0 Å². The molecule has 1 fully saturated rings. The van der Waals surface area contributed by atoms with Gasteiger partial charge in [-0.3, -0.25) is 0 Å². The quantitative estimate of drug-likeness (QED) is 0.367. The van der Waals surface area contributed by atoms with Crippen molar-refractivity contribution in [3.63, 3.8) is 0 Å². The second-order valence-electron chi connectivity index (χ2n) is 5.50. The molecule has 0 aromatic carbocycles. The average molecular weight is 272 g/mol. The fourth-order valence-electron chi connectivity index (χ4n) is 2.53. The molecule has 0 bridgehead atoms. The molecule has 1 heterocycles. The molecule has 5 heteroatoms. The molecule has 0 amide bonds. The molecule has 104 valence electrons. The largest absolute Gasteiger partial charge is 0.427 e. The van der Waals surface area contributed by atoms with Crippen LogP contribution in [0.3, 0.4) is 0 Å². The van der Waals surface area contributed by atoms with Crippen molar-refractivity contribution in [2.24, 2.45) is 0 Å². The molecule has 0 saturated carbocycles. The molecule has 4 nitrogen and oxygen atoms in total. The standard InChI is InChI=1S/C13H24O4Si/c1-10(2)11(14)17-12(3,15)13(18(4)5)8-6-7-9-16-13/h15,18H,1,6-9H2,2-5H3. The number of rotatable bonds is 4. The van der Waals surface area contributed by atoms with Crippen LogP contribution in [0.1, 0.15) is 33.1 Å². The van der Waals surface area contributed by atoms with Gasteiger partial charge in [-0.25, -0.2) is 4.79 Å². The maximum absolute atomic E-state index is 11.6. The second-order valence-corrected chi connectivity index (χ2v) is 8.74. The SMILES string of the molecule is C=C(C)C(=O)OC(C)(O)C1([SiH](C)C)CCCCO1. The molecule has 1 N–H and O–H groups in total. The highest BCUT2D eigenvalue weighted by Gasteiger charge is 2.54. The minimum Gasteiger partial charge on any atom is -0.427 e. The second kappa shape index (κ2) is 5.55. The van der Waals surface area contributed by atoms with E-state index < -0.39 is 25.8 Å². The van der Waals surface area contributed by atoms with E-state index in [1.165, 1.54) is 6.92 Å². The molecule has 1 rings (SSSR count). The molecule has 0 spiro atoms. The highest BCUT2D eigenvalue weighted by Crippen LogP contribution is 2.38. The third kappa shape index (κ3) is 2.84. The lowest BCUT2D eigenvalue weighted by Gasteiger charge is -2.48. The monoisotopic (exact) mass is 272 g/mol. The fourth-order valence-corrected chi connectivity index (χ4v) is 4.89. The molecule has 0 radical (unpaired) electrons. The first kappa shape index (κ1) is 15.4. The summed E-state index contributed by atoms with van der Waals surface area (Å²) in [6, 6.07) is 0. The number of aliphatic hydroxyl groups is 1. The van der Waals surface area contributed by atoms with Gasteiger partial charge in [0.05, 0.1) is 8.80 Å². The van der Waals surface area contributed by atoms with Gasteiger partial charge in [-0.1, -0.05) is 19.7 Å². The molecular weight excluding hydrogens is 248 g/mol. The molecule has 2 unspecified atom stereocenters. The van der Waals surface area contributed by atoms with Gasteiger partial charge in [-0.2, -0.15) is 0 Å². The van der Waals surface area contributed by atoms with E-state index in [-0.39, 0.29) is 5.57 Å². The molecule has 18 heavy (non-hydrogen) atoms. The van der Waals surface area contributed by atoms with Crippen LogP contribution in [0.25, 0.3) is 0 Å². The van der Waals surface area contributed by atoms with E-state index >= 15 is 0 Å². The number of hydrogen-bond donors (Lipinski definition) is 1. The lowest BCUT2D eigenvalue weighted by molar-refractivity contribution is -0.270. The summed E-state index contributed by atoms with van der Waals surface area (Å²) < 4.78 is 11.1. The Morgan fingerprint density at radius 2 is 2.11 bits per heavy atom.